The summed E-state index contributed by atoms with van der Waals surface area (Å²) in [6.07, 6.45) is -0.383. The molecule has 0 aliphatic heterocycles. The molecule has 108 valence electrons. The number of rotatable bonds is 8. The minimum atomic E-state index is -0.383. The molecule has 5 heteroatoms. The van der Waals surface area contributed by atoms with E-state index in [1.54, 1.807) is 6.07 Å². The first-order chi connectivity index (χ1) is 9.15. The number of hydrogen-bond donors (Lipinski definition) is 1. The van der Waals surface area contributed by atoms with Gasteiger partial charge in [-0.15, -0.1) is 0 Å². The summed E-state index contributed by atoms with van der Waals surface area (Å²) in [7, 11) is 0. The zero-order valence-electron chi connectivity index (χ0n) is 11.6. The highest BCUT2D eigenvalue weighted by Gasteiger charge is 2.26. The molecule has 1 aromatic carbocycles. The second-order valence-corrected chi connectivity index (χ2v) is 4.74. The zero-order valence-corrected chi connectivity index (χ0v) is 13.1. The molecule has 19 heavy (non-hydrogen) atoms. The van der Waals surface area contributed by atoms with Crippen LogP contribution in [0.1, 0.15) is 32.4 Å². The predicted octanol–water partition coefficient (Wildman–Crippen LogP) is 4.04. The lowest BCUT2D eigenvalue weighted by molar-refractivity contribution is -0.155. The van der Waals surface area contributed by atoms with Crippen LogP contribution in [0.15, 0.2) is 18.2 Å². The van der Waals surface area contributed by atoms with Crippen molar-refractivity contribution < 1.29 is 9.47 Å². The standard InChI is InChI=1S/C14H21Cl2NO2/c1-4-17-13(14(18-5-2)19-6-3)10-8-7-9-11(15)12(10)16/h7-9,13-14,17H,4-6H2,1-3H3. The van der Waals surface area contributed by atoms with Gasteiger partial charge in [-0.3, -0.25) is 0 Å². The fourth-order valence-corrected chi connectivity index (χ4v) is 2.33. The average Bonchev–Trinajstić information content (AvgIpc) is 2.40. The Hall–Kier alpha value is -0.320. The van der Waals surface area contributed by atoms with Crippen LogP contribution in [-0.2, 0) is 9.47 Å². The molecule has 0 heterocycles. The largest absolute Gasteiger partial charge is 0.351 e. The van der Waals surface area contributed by atoms with Crippen molar-refractivity contribution >= 4 is 23.2 Å². The van der Waals surface area contributed by atoms with Crippen molar-refractivity contribution in [1.29, 1.82) is 0 Å². The number of benzene rings is 1. The summed E-state index contributed by atoms with van der Waals surface area (Å²) in [4.78, 5) is 0. The Morgan fingerprint density at radius 2 is 1.74 bits per heavy atom. The van der Waals surface area contributed by atoms with Crippen LogP contribution in [0.5, 0.6) is 0 Å². The zero-order chi connectivity index (χ0) is 14.3. The Balaban J connectivity index is 3.06. The summed E-state index contributed by atoms with van der Waals surface area (Å²) in [5.74, 6) is 0. The maximum absolute atomic E-state index is 6.29. The molecule has 1 atom stereocenters. The molecule has 0 amide bonds. The number of ether oxygens (including phenoxy) is 2. The predicted molar refractivity (Wildman–Crippen MR) is 79.9 cm³/mol. The van der Waals surface area contributed by atoms with Gasteiger partial charge in [0.15, 0.2) is 6.29 Å². The highest BCUT2D eigenvalue weighted by Crippen LogP contribution is 2.32. The minimum absolute atomic E-state index is 0.143. The van der Waals surface area contributed by atoms with Crippen LogP contribution in [-0.4, -0.2) is 26.0 Å². The molecule has 1 aromatic rings. The molecular formula is C14H21Cl2NO2. The topological polar surface area (TPSA) is 30.5 Å². The fourth-order valence-electron chi connectivity index (χ4n) is 1.90. The number of hydrogen-bond acceptors (Lipinski definition) is 3. The van der Waals surface area contributed by atoms with Crippen molar-refractivity contribution in [1.82, 2.24) is 5.32 Å². The quantitative estimate of drug-likeness (QED) is 0.735. The smallest absolute Gasteiger partial charge is 0.176 e. The number of halogens is 2. The second kappa shape index (κ2) is 8.77. The first kappa shape index (κ1) is 16.7. The van der Waals surface area contributed by atoms with Gasteiger partial charge in [-0.05, 0) is 32.0 Å². The Bertz CT molecular complexity index is 382. The number of nitrogens with one attached hydrogen (secondary N) is 1. The minimum Gasteiger partial charge on any atom is -0.351 e. The van der Waals surface area contributed by atoms with E-state index in [0.717, 1.165) is 12.1 Å². The van der Waals surface area contributed by atoms with Crippen molar-refractivity contribution in [3.63, 3.8) is 0 Å². The maximum Gasteiger partial charge on any atom is 0.176 e. The summed E-state index contributed by atoms with van der Waals surface area (Å²) in [5.41, 5.74) is 0.892. The Morgan fingerprint density at radius 3 is 2.26 bits per heavy atom. The van der Waals surface area contributed by atoms with Crippen LogP contribution in [0.4, 0.5) is 0 Å². The molecule has 0 radical (unpaired) electrons. The van der Waals surface area contributed by atoms with Gasteiger partial charge in [0.05, 0.1) is 16.1 Å². The average molecular weight is 306 g/mol. The van der Waals surface area contributed by atoms with E-state index < -0.39 is 0 Å². The Kier molecular flexibility index (Phi) is 7.73. The van der Waals surface area contributed by atoms with E-state index >= 15 is 0 Å². The normalized spacial score (nSPS) is 12.9. The second-order valence-electron chi connectivity index (χ2n) is 3.96. The van der Waals surface area contributed by atoms with Crippen LogP contribution in [0, 0.1) is 0 Å². The van der Waals surface area contributed by atoms with E-state index in [1.165, 1.54) is 0 Å². The highest BCUT2D eigenvalue weighted by molar-refractivity contribution is 6.42. The molecule has 0 saturated heterocycles. The van der Waals surface area contributed by atoms with Crippen LogP contribution >= 0.6 is 23.2 Å². The van der Waals surface area contributed by atoms with Crippen molar-refractivity contribution in [2.75, 3.05) is 19.8 Å². The van der Waals surface area contributed by atoms with E-state index in [2.05, 4.69) is 5.32 Å². The van der Waals surface area contributed by atoms with E-state index in [0.29, 0.717) is 23.3 Å². The van der Waals surface area contributed by atoms with Gasteiger partial charge >= 0.3 is 0 Å². The SMILES string of the molecule is CCNC(c1cccc(Cl)c1Cl)C(OCC)OCC. The lowest BCUT2D eigenvalue weighted by Gasteiger charge is -2.28. The molecule has 0 fully saturated rings. The molecule has 1 rings (SSSR count). The molecule has 0 saturated carbocycles. The summed E-state index contributed by atoms with van der Waals surface area (Å²) < 4.78 is 11.3. The monoisotopic (exact) mass is 305 g/mol. The van der Waals surface area contributed by atoms with Gasteiger partial charge in [-0.25, -0.2) is 0 Å². The van der Waals surface area contributed by atoms with Gasteiger partial charge < -0.3 is 14.8 Å². The van der Waals surface area contributed by atoms with Crippen molar-refractivity contribution in [2.45, 2.75) is 33.1 Å². The molecule has 3 nitrogen and oxygen atoms in total. The highest BCUT2D eigenvalue weighted by atomic mass is 35.5. The van der Waals surface area contributed by atoms with Gasteiger partial charge in [0.25, 0.3) is 0 Å². The summed E-state index contributed by atoms with van der Waals surface area (Å²) in [5, 5.41) is 4.42. The lowest BCUT2D eigenvalue weighted by Crippen LogP contribution is -2.36. The van der Waals surface area contributed by atoms with Crippen LogP contribution < -0.4 is 5.32 Å². The molecule has 1 N–H and O–H groups in total. The van der Waals surface area contributed by atoms with Gasteiger partial charge in [0.1, 0.15) is 0 Å². The number of likely N-dealkylation sites (N-methyl/N-ethyl adjacent to an activating group) is 1. The molecule has 0 aromatic heterocycles. The third-order valence-electron chi connectivity index (χ3n) is 2.67. The molecule has 0 aliphatic carbocycles. The fraction of sp³-hybridized carbons (Fsp3) is 0.571. The van der Waals surface area contributed by atoms with E-state index in [-0.39, 0.29) is 12.3 Å². The maximum atomic E-state index is 6.29. The first-order valence-corrected chi connectivity index (χ1v) is 7.31. The van der Waals surface area contributed by atoms with Gasteiger partial charge in [0.2, 0.25) is 0 Å². The first-order valence-electron chi connectivity index (χ1n) is 6.56. The molecule has 0 aliphatic rings. The van der Waals surface area contributed by atoms with Gasteiger partial charge in [-0.2, -0.15) is 0 Å². The third-order valence-corrected chi connectivity index (χ3v) is 3.51. The van der Waals surface area contributed by atoms with Crippen molar-refractivity contribution in [2.24, 2.45) is 0 Å². The lowest BCUT2D eigenvalue weighted by atomic mass is 10.1. The van der Waals surface area contributed by atoms with Crippen molar-refractivity contribution in [3.8, 4) is 0 Å². The third kappa shape index (κ3) is 4.62. The Labute approximate surface area is 125 Å². The molecule has 1 unspecified atom stereocenters. The van der Waals surface area contributed by atoms with E-state index in [4.69, 9.17) is 32.7 Å². The van der Waals surface area contributed by atoms with Gasteiger partial charge in [-0.1, -0.05) is 42.3 Å². The Morgan fingerprint density at radius 1 is 1.11 bits per heavy atom. The van der Waals surface area contributed by atoms with E-state index in [1.807, 2.05) is 32.9 Å². The van der Waals surface area contributed by atoms with Gasteiger partial charge in [0, 0.05) is 13.2 Å². The van der Waals surface area contributed by atoms with Crippen LogP contribution in [0.25, 0.3) is 0 Å². The van der Waals surface area contributed by atoms with Crippen LogP contribution in [0.3, 0.4) is 0 Å². The molecular weight excluding hydrogens is 285 g/mol. The summed E-state index contributed by atoms with van der Waals surface area (Å²) in [6.45, 7) is 7.84. The summed E-state index contributed by atoms with van der Waals surface area (Å²) >= 11 is 12.4. The van der Waals surface area contributed by atoms with E-state index in [9.17, 15) is 0 Å². The summed E-state index contributed by atoms with van der Waals surface area (Å²) in [6, 6.07) is 5.44. The van der Waals surface area contributed by atoms with Crippen molar-refractivity contribution in [3.05, 3.63) is 33.8 Å². The van der Waals surface area contributed by atoms with Crippen LogP contribution in [0.2, 0.25) is 10.0 Å². The molecule has 0 bridgehead atoms. The molecule has 0 spiro atoms.